The Morgan fingerprint density at radius 1 is 1.62 bits per heavy atom. The van der Waals surface area contributed by atoms with Gasteiger partial charge in [-0.25, -0.2) is 0 Å². The zero-order valence-electron chi connectivity index (χ0n) is 8.00. The molecule has 0 fully saturated rings. The molecule has 1 N–H and O–H groups in total. The number of aryl methyl sites for hydroxylation is 1. The first-order chi connectivity index (χ1) is 6.26. The fourth-order valence-corrected chi connectivity index (χ4v) is 1.03. The Hall–Kier alpha value is -1.43. The number of rotatable bonds is 4. The quantitative estimate of drug-likeness (QED) is 0.770. The van der Waals surface area contributed by atoms with Gasteiger partial charge >= 0.3 is 0 Å². The molecule has 70 valence electrons. The van der Waals surface area contributed by atoms with Gasteiger partial charge in [-0.2, -0.15) is 5.26 Å². The molecule has 13 heavy (non-hydrogen) atoms. The van der Waals surface area contributed by atoms with Gasteiger partial charge in [-0.05, 0) is 19.4 Å². The Morgan fingerprint density at radius 2 is 2.38 bits per heavy atom. The third-order valence-corrected chi connectivity index (χ3v) is 1.94. The van der Waals surface area contributed by atoms with Gasteiger partial charge < -0.3 is 9.73 Å². The lowest BCUT2D eigenvalue weighted by atomic mass is 10.1. The fraction of sp³-hybridized carbons (Fsp3) is 0.500. The molecule has 1 rings (SSSR count). The Kier molecular flexibility index (Phi) is 3.39. The molecular formula is C10H14N2O. The predicted molar refractivity (Wildman–Crippen MR) is 51.3 cm³/mol. The van der Waals surface area contributed by atoms with Crippen LogP contribution in [-0.4, -0.2) is 6.54 Å². The molecule has 1 aromatic heterocycles. The molecule has 3 heteroatoms. The number of nitriles is 1. The largest absolute Gasteiger partial charge is 0.446 e. The summed E-state index contributed by atoms with van der Waals surface area (Å²) in [6, 6.07) is 6.00. The maximum absolute atomic E-state index is 8.69. The molecule has 3 nitrogen and oxygen atoms in total. The van der Waals surface area contributed by atoms with Crippen molar-refractivity contribution in [2.45, 2.75) is 20.3 Å². The summed E-state index contributed by atoms with van der Waals surface area (Å²) in [5, 5.41) is 11.8. The molecule has 0 amide bonds. The lowest BCUT2D eigenvalue weighted by Gasteiger charge is -2.05. The van der Waals surface area contributed by atoms with Gasteiger partial charge in [0.2, 0.25) is 0 Å². The maximum Gasteiger partial charge on any atom is 0.193 e. The second-order valence-electron chi connectivity index (χ2n) is 3.03. The molecule has 0 aliphatic carbocycles. The van der Waals surface area contributed by atoms with Crippen LogP contribution in [0.1, 0.15) is 19.1 Å². The first-order valence-electron chi connectivity index (χ1n) is 4.46. The average molecular weight is 178 g/mol. The van der Waals surface area contributed by atoms with Gasteiger partial charge in [0, 0.05) is 12.6 Å². The highest BCUT2D eigenvalue weighted by atomic mass is 16.4. The lowest BCUT2D eigenvalue weighted by Crippen LogP contribution is -2.10. The molecule has 1 atom stereocenters. The number of hydrogen-bond acceptors (Lipinski definition) is 3. The van der Waals surface area contributed by atoms with Crippen LogP contribution in [0.2, 0.25) is 0 Å². The number of furan rings is 1. The highest BCUT2D eigenvalue weighted by Crippen LogP contribution is 2.12. The van der Waals surface area contributed by atoms with Crippen molar-refractivity contribution in [3.8, 4) is 6.07 Å². The predicted octanol–water partition coefficient (Wildman–Crippen LogP) is 2.55. The molecule has 0 aliphatic heterocycles. The molecule has 0 bridgehead atoms. The minimum atomic E-state index is 0.0606. The first kappa shape index (κ1) is 9.66. The number of nitrogens with zero attached hydrogens (tertiary/aromatic N) is 1. The smallest absolute Gasteiger partial charge is 0.193 e. The van der Waals surface area contributed by atoms with Crippen molar-refractivity contribution in [2.24, 2.45) is 5.92 Å². The summed E-state index contributed by atoms with van der Waals surface area (Å²) in [4.78, 5) is 0. The van der Waals surface area contributed by atoms with E-state index in [0.717, 1.165) is 18.1 Å². The molecule has 1 aromatic rings. The van der Waals surface area contributed by atoms with E-state index in [1.165, 1.54) is 0 Å². The zero-order valence-corrected chi connectivity index (χ0v) is 8.00. The normalized spacial score (nSPS) is 12.1. The summed E-state index contributed by atoms with van der Waals surface area (Å²) in [5.74, 6) is 1.68. The summed E-state index contributed by atoms with van der Waals surface area (Å²) in [6.07, 6.45) is 0.864. The van der Waals surface area contributed by atoms with E-state index < -0.39 is 0 Å². The molecule has 0 aliphatic rings. The van der Waals surface area contributed by atoms with Gasteiger partial charge in [0.15, 0.2) is 5.88 Å². The summed E-state index contributed by atoms with van der Waals surface area (Å²) in [6.45, 7) is 4.55. The third-order valence-electron chi connectivity index (χ3n) is 1.94. The molecule has 1 unspecified atom stereocenters. The maximum atomic E-state index is 8.69. The second-order valence-corrected chi connectivity index (χ2v) is 3.03. The van der Waals surface area contributed by atoms with E-state index in [1.807, 2.05) is 26.0 Å². The molecule has 0 radical (unpaired) electrons. The van der Waals surface area contributed by atoms with Gasteiger partial charge in [-0.1, -0.05) is 6.92 Å². The zero-order chi connectivity index (χ0) is 9.68. The van der Waals surface area contributed by atoms with Crippen molar-refractivity contribution < 1.29 is 4.42 Å². The fourth-order valence-electron chi connectivity index (χ4n) is 1.03. The van der Waals surface area contributed by atoms with Gasteiger partial charge in [-0.15, -0.1) is 0 Å². The van der Waals surface area contributed by atoms with Gasteiger partial charge in [0.05, 0.1) is 12.0 Å². The van der Waals surface area contributed by atoms with Crippen LogP contribution in [0, 0.1) is 24.2 Å². The van der Waals surface area contributed by atoms with Gasteiger partial charge in [-0.3, -0.25) is 0 Å². The number of hydrogen-bond donors (Lipinski definition) is 1. The van der Waals surface area contributed by atoms with Crippen LogP contribution < -0.4 is 5.32 Å². The minimum Gasteiger partial charge on any atom is -0.446 e. The average Bonchev–Trinajstić information content (AvgIpc) is 2.53. The van der Waals surface area contributed by atoms with Crippen molar-refractivity contribution in [1.29, 1.82) is 5.26 Å². The standard InChI is InChI=1S/C10H14N2O/c1-3-9(6-11)7-12-10-5-4-8(2)13-10/h4-5,9,12H,3,7H2,1-2H3. The second kappa shape index (κ2) is 4.56. The minimum absolute atomic E-state index is 0.0606. The highest BCUT2D eigenvalue weighted by Gasteiger charge is 2.04. The van der Waals surface area contributed by atoms with Crippen LogP contribution in [-0.2, 0) is 0 Å². The van der Waals surface area contributed by atoms with Crippen LogP contribution in [0.5, 0.6) is 0 Å². The Morgan fingerprint density at radius 3 is 2.85 bits per heavy atom. The first-order valence-corrected chi connectivity index (χ1v) is 4.46. The van der Waals surface area contributed by atoms with Crippen LogP contribution >= 0.6 is 0 Å². The van der Waals surface area contributed by atoms with Crippen molar-refractivity contribution >= 4 is 5.88 Å². The van der Waals surface area contributed by atoms with E-state index in [4.69, 9.17) is 9.68 Å². The van der Waals surface area contributed by atoms with E-state index in [9.17, 15) is 0 Å². The highest BCUT2D eigenvalue weighted by molar-refractivity contribution is 5.32. The van der Waals surface area contributed by atoms with Crippen molar-refractivity contribution in [2.75, 3.05) is 11.9 Å². The molecule has 0 saturated heterocycles. The van der Waals surface area contributed by atoms with Crippen LogP contribution in [0.15, 0.2) is 16.5 Å². The lowest BCUT2D eigenvalue weighted by molar-refractivity contribution is 0.539. The molecule has 0 saturated carbocycles. The summed E-state index contributed by atoms with van der Waals surface area (Å²) < 4.78 is 5.30. The topological polar surface area (TPSA) is 49.0 Å². The van der Waals surface area contributed by atoms with Crippen LogP contribution in [0.25, 0.3) is 0 Å². The molecular weight excluding hydrogens is 164 g/mol. The van der Waals surface area contributed by atoms with Crippen LogP contribution in [0.3, 0.4) is 0 Å². The van der Waals surface area contributed by atoms with Crippen molar-refractivity contribution in [3.63, 3.8) is 0 Å². The Labute approximate surface area is 78.4 Å². The van der Waals surface area contributed by atoms with E-state index >= 15 is 0 Å². The molecule has 1 heterocycles. The monoisotopic (exact) mass is 178 g/mol. The summed E-state index contributed by atoms with van der Waals surface area (Å²) in [5.41, 5.74) is 0. The van der Waals surface area contributed by atoms with Crippen LogP contribution in [0.4, 0.5) is 5.88 Å². The number of anilines is 1. The third kappa shape index (κ3) is 2.83. The summed E-state index contributed by atoms with van der Waals surface area (Å²) in [7, 11) is 0. The molecule has 0 spiro atoms. The van der Waals surface area contributed by atoms with E-state index in [-0.39, 0.29) is 5.92 Å². The van der Waals surface area contributed by atoms with E-state index in [0.29, 0.717) is 6.54 Å². The number of nitrogens with one attached hydrogen (secondary N) is 1. The van der Waals surface area contributed by atoms with Crippen molar-refractivity contribution in [1.82, 2.24) is 0 Å². The Bertz CT molecular complexity index is 298. The summed E-state index contributed by atoms with van der Waals surface area (Å²) >= 11 is 0. The van der Waals surface area contributed by atoms with Crippen molar-refractivity contribution in [3.05, 3.63) is 17.9 Å². The molecule has 0 aromatic carbocycles. The van der Waals surface area contributed by atoms with Gasteiger partial charge in [0.1, 0.15) is 5.76 Å². The Balaban J connectivity index is 2.39. The van der Waals surface area contributed by atoms with Gasteiger partial charge in [0.25, 0.3) is 0 Å². The SMILES string of the molecule is CCC(C#N)CNc1ccc(C)o1. The van der Waals surface area contributed by atoms with E-state index in [1.54, 1.807) is 0 Å². The van der Waals surface area contributed by atoms with E-state index in [2.05, 4.69) is 11.4 Å².